The highest BCUT2D eigenvalue weighted by Crippen LogP contribution is 2.37. The quantitative estimate of drug-likeness (QED) is 0.594. The van der Waals surface area contributed by atoms with Crippen molar-refractivity contribution >= 4 is 31.6 Å². The Labute approximate surface area is 185 Å². The zero-order valence-corrected chi connectivity index (χ0v) is 18.8. The van der Waals surface area contributed by atoms with E-state index in [0.29, 0.717) is 17.0 Å². The first-order chi connectivity index (χ1) is 14.8. The van der Waals surface area contributed by atoms with Crippen LogP contribution in [-0.2, 0) is 16.6 Å². The van der Waals surface area contributed by atoms with Crippen LogP contribution >= 0.6 is 11.3 Å². The number of benzene rings is 2. The number of fused-ring (bicyclic) bond motifs is 3. The maximum atomic E-state index is 13.3. The molecule has 6 nitrogen and oxygen atoms in total. The zero-order valence-electron chi connectivity index (χ0n) is 17.1. The van der Waals surface area contributed by atoms with Crippen LogP contribution in [0.15, 0.2) is 42.5 Å². The molecule has 1 N–H and O–H groups in total. The molecule has 0 amide bonds. The predicted octanol–water partition coefficient (Wildman–Crippen LogP) is 4.27. The monoisotopic (exact) mass is 461 g/mol. The molecule has 2 aliphatic heterocycles. The van der Waals surface area contributed by atoms with Crippen LogP contribution < -0.4 is 10.1 Å². The minimum atomic E-state index is -3.12. The second-order valence-electron chi connectivity index (χ2n) is 8.36. The van der Waals surface area contributed by atoms with E-state index in [2.05, 4.69) is 10.3 Å². The summed E-state index contributed by atoms with van der Waals surface area (Å²) < 4.78 is 45.7. The molecule has 2 aliphatic rings. The molecule has 0 radical (unpaired) electrons. The van der Waals surface area contributed by atoms with Gasteiger partial charge in [0.15, 0.2) is 0 Å². The lowest BCUT2D eigenvalue weighted by Crippen LogP contribution is -2.50. The van der Waals surface area contributed by atoms with Crippen molar-refractivity contribution in [2.24, 2.45) is 0 Å². The Morgan fingerprint density at radius 3 is 2.55 bits per heavy atom. The number of nitrogens with zero attached hydrogens (tertiary/aromatic N) is 2. The van der Waals surface area contributed by atoms with Crippen LogP contribution in [0.2, 0.25) is 0 Å². The van der Waals surface area contributed by atoms with Crippen molar-refractivity contribution in [2.75, 3.05) is 6.26 Å². The lowest BCUT2D eigenvalue weighted by Gasteiger charge is -2.37. The van der Waals surface area contributed by atoms with Gasteiger partial charge in [-0.3, -0.25) is 0 Å². The standard InChI is InChI=1S/C22H24FN3O3S2/c1-31(27,28)26-17-5-6-18(26)12-16(11-17)24-13-14-2-7-19(8-3-14)29-22-25-20-9-4-15(23)10-21(20)30-22/h2-4,7-10,16-18,24H,5-6,11-13H2,1H3/t16-,17-,18+. The summed E-state index contributed by atoms with van der Waals surface area (Å²) in [6, 6.07) is 12.9. The summed E-state index contributed by atoms with van der Waals surface area (Å²) in [6.45, 7) is 0.726. The largest absolute Gasteiger partial charge is 0.431 e. The number of halogens is 1. The van der Waals surface area contributed by atoms with E-state index in [0.717, 1.165) is 48.0 Å². The van der Waals surface area contributed by atoms with Crippen molar-refractivity contribution in [1.82, 2.24) is 14.6 Å². The van der Waals surface area contributed by atoms with Gasteiger partial charge in [0.25, 0.3) is 5.19 Å². The van der Waals surface area contributed by atoms with Crippen molar-refractivity contribution in [3.63, 3.8) is 0 Å². The van der Waals surface area contributed by atoms with Gasteiger partial charge in [-0.1, -0.05) is 23.5 Å². The van der Waals surface area contributed by atoms with Crippen LogP contribution in [0, 0.1) is 5.82 Å². The summed E-state index contributed by atoms with van der Waals surface area (Å²) in [6.07, 6.45) is 4.97. The van der Waals surface area contributed by atoms with E-state index in [1.54, 1.807) is 10.4 Å². The Bertz CT molecular complexity index is 1180. The number of hydrogen-bond acceptors (Lipinski definition) is 6. The van der Waals surface area contributed by atoms with Gasteiger partial charge in [-0.25, -0.2) is 17.8 Å². The molecule has 2 saturated heterocycles. The molecule has 2 aromatic carbocycles. The molecule has 3 atom stereocenters. The maximum absolute atomic E-state index is 13.3. The van der Waals surface area contributed by atoms with Gasteiger partial charge in [0.1, 0.15) is 11.6 Å². The molecule has 0 spiro atoms. The van der Waals surface area contributed by atoms with Gasteiger partial charge in [0.2, 0.25) is 10.0 Å². The smallest absolute Gasteiger partial charge is 0.279 e. The van der Waals surface area contributed by atoms with Crippen molar-refractivity contribution < 1.29 is 17.5 Å². The van der Waals surface area contributed by atoms with Gasteiger partial charge >= 0.3 is 0 Å². The zero-order chi connectivity index (χ0) is 21.6. The van der Waals surface area contributed by atoms with Crippen LogP contribution in [0.25, 0.3) is 10.2 Å². The fourth-order valence-corrected chi connectivity index (χ4v) is 7.13. The average molecular weight is 462 g/mol. The molecule has 1 aromatic heterocycles. The molecule has 0 unspecified atom stereocenters. The normalized spacial score (nSPS) is 24.0. The topological polar surface area (TPSA) is 71.5 Å². The molecule has 9 heteroatoms. The van der Waals surface area contributed by atoms with Crippen molar-refractivity contribution in [1.29, 1.82) is 0 Å². The molecule has 3 heterocycles. The first-order valence-corrected chi connectivity index (χ1v) is 13.1. The lowest BCUT2D eigenvalue weighted by molar-refractivity contribution is 0.207. The number of thiazole rings is 1. The molecule has 5 rings (SSSR count). The Morgan fingerprint density at radius 2 is 1.87 bits per heavy atom. The number of ether oxygens (including phenoxy) is 1. The summed E-state index contributed by atoms with van der Waals surface area (Å²) in [5.74, 6) is 0.400. The van der Waals surface area contributed by atoms with E-state index >= 15 is 0 Å². The van der Waals surface area contributed by atoms with E-state index in [1.165, 1.54) is 29.7 Å². The molecular weight excluding hydrogens is 437 g/mol. The number of nitrogens with one attached hydrogen (secondary N) is 1. The van der Waals surface area contributed by atoms with Crippen molar-refractivity contribution in [3.8, 4) is 10.9 Å². The Kier molecular flexibility index (Phi) is 5.45. The molecule has 2 fully saturated rings. The van der Waals surface area contributed by atoms with Gasteiger partial charge < -0.3 is 10.1 Å². The number of aromatic nitrogens is 1. The summed E-state index contributed by atoms with van der Waals surface area (Å²) in [5.41, 5.74) is 1.86. The molecule has 0 saturated carbocycles. The summed E-state index contributed by atoms with van der Waals surface area (Å²) in [4.78, 5) is 4.38. The van der Waals surface area contributed by atoms with Crippen LogP contribution in [-0.4, -0.2) is 42.1 Å². The third-order valence-corrected chi connectivity index (χ3v) is 8.36. The number of piperidine rings is 1. The second kappa shape index (κ2) is 8.12. The molecule has 2 bridgehead atoms. The maximum Gasteiger partial charge on any atom is 0.279 e. The Balaban J connectivity index is 1.17. The number of rotatable bonds is 6. The van der Waals surface area contributed by atoms with Gasteiger partial charge in [-0.05, 0) is 61.6 Å². The van der Waals surface area contributed by atoms with Crippen molar-refractivity contribution in [3.05, 3.63) is 53.8 Å². The molecule has 0 aliphatic carbocycles. The average Bonchev–Trinajstić information content (AvgIpc) is 3.24. The lowest BCUT2D eigenvalue weighted by atomic mass is 9.99. The van der Waals surface area contributed by atoms with E-state index in [9.17, 15) is 12.8 Å². The second-order valence-corrected chi connectivity index (χ2v) is 11.2. The SMILES string of the molecule is CS(=O)(=O)N1[C@@H]2CC[C@H]1C[C@H](NCc1ccc(Oc3nc4ccc(F)cc4s3)cc1)C2. The highest BCUT2D eigenvalue weighted by atomic mass is 32.2. The van der Waals surface area contributed by atoms with E-state index in [1.807, 2.05) is 24.3 Å². The molecule has 164 valence electrons. The number of sulfonamides is 1. The third-order valence-electron chi connectivity index (χ3n) is 6.10. The molecular formula is C22H24FN3O3S2. The van der Waals surface area contributed by atoms with Crippen molar-refractivity contribution in [2.45, 2.75) is 50.4 Å². The Hall–Kier alpha value is -2.07. The molecule has 3 aromatic rings. The first kappa shape index (κ1) is 20.8. The van der Waals surface area contributed by atoms with E-state index in [-0.39, 0.29) is 17.9 Å². The summed E-state index contributed by atoms with van der Waals surface area (Å²) in [7, 11) is -3.12. The fraction of sp³-hybridized carbons (Fsp3) is 0.409. The van der Waals surface area contributed by atoms with Crippen LogP contribution in [0.5, 0.6) is 10.9 Å². The minimum Gasteiger partial charge on any atom is -0.431 e. The van der Waals surface area contributed by atoms with E-state index in [4.69, 9.17) is 4.74 Å². The van der Waals surface area contributed by atoms with E-state index < -0.39 is 10.0 Å². The van der Waals surface area contributed by atoms with Crippen LogP contribution in [0.1, 0.15) is 31.2 Å². The van der Waals surface area contributed by atoms with Crippen LogP contribution in [0.4, 0.5) is 4.39 Å². The first-order valence-electron chi connectivity index (χ1n) is 10.4. The Morgan fingerprint density at radius 1 is 1.16 bits per heavy atom. The predicted molar refractivity (Wildman–Crippen MR) is 119 cm³/mol. The van der Waals surface area contributed by atoms with Gasteiger partial charge in [0, 0.05) is 24.7 Å². The summed E-state index contributed by atoms with van der Waals surface area (Å²) >= 11 is 1.32. The highest BCUT2D eigenvalue weighted by molar-refractivity contribution is 7.88. The molecule has 31 heavy (non-hydrogen) atoms. The minimum absolute atomic E-state index is 0.129. The van der Waals surface area contributed by atoms with Gasteiger partial charge in [-0.15, -0.1) is 0 Å². The van der Waals surface area contributed by atoms with Gasteiger partial charge in [0.05, 0.1) is 16.5 Å². The third kappa shape index (κ3) is 4.45. The van der Waals surface area contributed by atoms with Crippen LogP contribution in [0.3, 0.4) is 0 Å². The number of hydrogen-bond donors (Lipinski definition) is 1. The van der Waals surface area contributed by atoms with Gasteiger partial charge in [-0.2, -0.15) is 4.31 Å². The highest BCUT2D eigenvalue weighted by Gasteiger charge is 2.44. The summed E-state index contributed by atoms with van der Waals surface area (Å²) in [5, 5.41) is 4.08. The fourth-order valence-electron chi connectivity index (χ4n) is 4.80.